The largest absolute Gasteiger partial charge is 0.457 e. The zero-order valence-electron chi connectivity index (χ0n) is 15.2. The molecule has 4 rings (SSSR count). The van der Waals surface area contributed by atoms with Gasteiger partial charge in [0.05, 0.1) is 19.0 Å². The first-order valence-electron chi connectivity index (χ1n) is 9.40. The van der Waals surface area contributed by atoms with Gasteiger partial charge in [0.1, 0.15) is 11.5 Å². The molecule has 2 heterocycles. The maximum Gasteiger partial charge on any atom is 0.158 e. The van der Waals surface area contributed by atoms with Gasteiger partial charge in [-0.3, -0.25) is 0 Å². The molecule has 5 heteroatoms. The lowest BCUT2D eigenvalue weighted by Gasteiger charge is -2.30. The maximum atomic E-state index is 6.13. The number of imidazole rings is 1. The Hall–Kier alpha value is -2.63. The molecular formula is C22H24N2O3. The zero-order valence-corrected chi connectivity index (χ0v) is 15.2. The minimum absolute atomic E-state index is 0.161. The fourth-order valence-corrected chi connectivity index (χ4v) is 3.27. The van der Waals surface area contributed by atoms with Gasteiger partial charge in [0.25, 0.3) is 0 Å². The molecule has 2 aromatic carbocycles. The molecule has 0 bridgehead atoms. The maximum absolute atomic E-state index is 6.13. The molecule has 0 aliphatic carbocycles. The summed E-state index contributed by atoms with van der Waals surface area (Å²) in [7, 11) is 0. The smallest absolute Gasteiger partial charge is 0.158 e. The van der Waals surface area contributed by atoms with E-state index in [1.807, 2.05) is 67.1 Å². The van der Waals surface area contributed by atoms with Gasteiger partial charge in [0.2, 0.25) is 0 Å². The van der Waals surface area contributed by atoms with Crippen LogP contribution < -0.4 is 4.74 Å². The number of hydrogen-bond donors (Lipinski definition) is 0. The molecule has 0 saturated carbocycles. The third kappa shape index (κ3) is 4.96. The molecule has 1 aromatic heterocycles. The number of para-hydroxylation sites is 2. The average molecular weight is 364 g/mol. The van der Waals surface area contributed by atoms with Crippen molar-refractivity contribution in [2.75, 3.05) is 0 Å². The number of ether oxygens (including phenoxy) is 3. The van der Waals surface area contributed by atoms with Crippen molar-refractivity contribution in [3.8, 4) is 11.5 Å². The summed E-state index contributed by atoms with van der Waals surface area (Å²) in [5.74, 6) is 1.63. The Kier molecular flexibility index (Phi) is 5.82. The van der Waals surface area contributed by atoms with Gasteiger partial charge in [0, 0.05) is 24.5 Å². The molecule has 3 aromatic rings. The van der Waals surface area contributed by atoms with Gasteiger partial charge in [-0.05, 0) is 37.5 Å². The molecule has 5 nitrogen and oxygen atoms in total. The van der Waals surface area contributed by atoms with Crippen molar-refractivity contribution in [2.24, 2.45) is 0 Å². The SMILES string of the molecule is c1ccc(Oc2ccccc2CO[C@@H]2CCC[C@H](Cn3ccnc3)O2)cc1. The Morgan fingerprint density at radius 2 is 1.89 bits per heavy atom. The molecule has 0 radical (unpaired) electrons. The van der Waals surface area contributed by atoms with Crippen LogP contribution >= 0.6 is 0 Å². The molecule has 27 heavy (non-hydrogen) atoms. The molecular weight excluding hydrogens is 340 g/mol. The minimum atomic E-state index is -0.183. The lowest BCUT2D eigenvalue weighted by Crippen LogP contribution is -2.32. The normalized spacial score (nSPS) is 19.7. The Labute approximate surface area is 159 Å². The van der Waals surface area contributed by atoms with E-state index in [-0.39, 0.29) is 12.4 Å². The van der Waals surface area contributed by atoms with Crippen molar-refractivity contribution in [3.63, 3.8) is 0 Å². The van der Waals surface area contributed by atoms with Crippen molar-refractivity contribution in [2.45, 2.75) is 44.8 Å². The van der Waals surface area contributed by atoms with Crippen molar-refractivity contribution < 1.29 is 14.2 Å². The summed E-state index contributed by atoms with van der Waals surface area (Å²) in [4.78, 5) is 4.09. The highest BCUT2D eigenvalue weighted by atomic mass is 16.7. The quantitative estimate of drug-likeness (QED) is 0.605. The summed E-state index contributed by atoms with van der Waals surface area (Å²) in [5, 5.41) is 0. The number of nitrogens with zero attached hydrogens (tertiary/aromatic N) is 2. The summed E-state index contributed by atoms with van der Waals surface area (Å²) < 4.78 is 20.3. The van der Waals surface area contributed by atoms with Crippen LogP contribution in [0.1, 0.15) is 24.8 Å². The Morgan fingerprint density at radius 1 is 1.04 bits per heavy atom. The first kappa shape index (κ1) is 17.8. The fourth-order valence-electron chi connectivity index (χ4n) is 3.27. The third-order valence-electron chi connectivity index (χ3n) is 4.65. The first-order chi connectivity index (χ1) is 13.4. The van der Waals surface area contributed by atoms with E-state index in [0.29, 0.717) is 6.61 Å². The Bertz CT molecular complexity index is 821. The van der Waals surface area contributed by atoms with Crippen LogP contribution in [0, 0.1) is 0 Å². The van der Waals surface area contributed by atoms with Gasteiger partial charge < -0.3 is 18.8 Å². The van der Waals surface area contributed by atoms with E-state index in [9.17, 15) is 0 Å². The predicted octanol–water partition coefficient (Wildman–Crippen LogP) is 4.79. The van der Waals surface area contributed by atoms with E-state index in [2.05, 4.69) is 9.55 Å². The van der Waals surface area contributed by atoms with E-state index in [0.717, 1.165) is 42.9 Å². The van der Waals surface area contributed by atoms with E-state index in [1.54, 1.807) is 6.20 Å². The highest BCUT2D eigenvalue weighted by Gasteiger charge is 2.23. The van der Waals surface area contributed by atoms with Crippen LogP contribution in [0.4, 0.5) is 0 Å². The monoisotopic (exact) mass is 364 g/mol. The molecule has 1 aliphatic rings. The van der Waals surface area contributed by atoms with Gasteiger partial charge in [-0.15, -0.1) is 0 Å². The molecule has 1 aliphatic heterocycles. The molecule has 0 spiro atoms. The van der Waals surface area contributed by atoms with Gasteiger partial charge >= 0.3 is 0 Å². The molecule has 0 amide bonds. The highest BCUT2D eigenvalue weighted by Crippen LogP contribution is 2.27. The van der Waals surface area contributed by atoms with Gasteiger partial charge in [-0.25, -0.2) is 4.98 Å². The van der Waals surface area contributed by atoms with Crippen LogP contribution in [0.15, 0.2) is 73.3 Å². The number of aromatic nitrogens is 2. The summed E-state index contributed by atoms with van der Waals surface area (Å²) in [6.07, 6.45) is 8.63. The Balaban J connectivity index is 1.34. The number of rotatable bonds is 7. The van der Waals surface area contributed by atoms with Crippen LogP contribution in [0.25, 0.3) is 0 Å². The van der Waals surface area contributed by atoms with E-state index >= 15 is 0 Å². The predicted molar refractivity (Wildman–Crippen MR) is 102 cm³/mol. The van der Waals surface area contributed by atoms with E-state index in [4.69, 9.17) is 14.2 Å². The fraction of sp³-hybridized carbons (Fsp3) is 0.318. The van der Waals surface area contributed by atoms with Crippen molar-refractivity contribution in [1.82, 2.24) is 9.55 Å². The summed E-state index contributed by atoms with van der Waals surface area (Å²) in [6.45, 7) is 1.28. The van der Waals surface area contributed by atoms with Crippen LogP contribution in [0.3, 0.4) is 0 Å². The van der Waals surface area contributed by atoms with Crippen molar-refractivity contribution in [3.05, 3.63) is 78.9 Å². The van der Waals surface area contributed by atoms with Crippen LogP contribution in [-0.4, -0.2) is 21.9 Å². The summed E-state index contributed by atoms with van der Waals surface area (Å²) in [5.41, 5.74) is 1.02. The van der Waals surface area contributed by atoms with Crippen LogP contribution in [-0.2, 0) is 22.6 Å². The lowest BCUT2D eigenvalue weighted by molar-refractivity contribution is -0.202. The zero-order chi connectivity index (χ0) is 18.3. The second-order valence-electron chi connectivity index (χ2n) is 6.71. The van der Waals surface area contributed by atoms with Gasteiger partial charge in [0.15, 0.2) is 6.29 Å². The average Bonchev–Trinajstić information content (AvgIpc) is 3.21. The van der Waals surface area contributed by atoms with Crippen LogP contribution in [0.5, 0.6) is 11.5 Å². The molecule has 0 N–H and O–H groups in total. The van der Waals surface area contributed by atoms with Gasteiger partial charge in [-0.1, -0.05) is 36.4 Å². The van der Waals surface area contributed by atoms with Gasteiger partial charge in [-0.2, -0.15) is 0 Å². The second kappa shape index (κ2) is 8.84. The number of benzene rings is 2. The van der Waals surface area contributed by atoms with Crippen molar-refractivity contribution >= 4 is 0 Å². The standard InChI is InChI=1S/C22H24N2O3/c1-2-8-19(9-3-1)26-21-11-5-4-7-18(21)16-25-22-12-6-10-20(27-22)15-24-14-13-23-17-24/h1-5,7-9,11,13-14,17,20,22H,6,10,12,15-16H2/t20-,22+/m1/s1. The topological polar surface area (TPSA) is 45.5 Å². The summed E-state index contributed by atoms with van der Waals surface area (Å²) >= 11 is 0. The van der Waals surface area contributed by atoms with E-state index < -0.39 is 0 Å². The third-order valence-corrected chi connectivity index (χ3v) is 4.65. The second-order valence-corrected chi connectivity index (χ2v) is 6.71. The molecule has 1 saturated heterocycles. The molecule has 140 valence electrons. The Morgan fingerprint density at radius 3 is 2.74 bits per heavy atom. The molecule has 1 fully saturated rings. The lowest BCUT2D eigenvalue weighted by atomic mass is 10.1. The highest BCUT2D eigenvalue weighted by molar-refractivity contribution is 5.37. The van der Waals surface area contributed by atoms with Crippen molar-refractivity contribution in [1.29, 1.82) is 0 Å². The number of hydrogen-bond acceptors (Lipinski definition) is 4. The first-order valence-corrected chi connectivity index (χ1v) is 9.40. The van der Waals surface area contributed by atoms with E-state index in [1.165, 1.54) is 0 Å². The summed E-state index contributed by atoms with van der Waals surface area (Å²) in [6, 6.07) is 17.8. The minimum Gasteiger partial charge on any atom is -0.457 e. The molecule has 2 atom stereocenters. The molecule has 0 unspecified atom stereocenters. The van der Waals surface area contributed by atoms with Crippen LogP contribution in [0.2, 0.25) is 0 Å².